The Bertz CT molecular complexity index is 724. The van der Waals surface area contributed by atoms with Gasteiger partial charge in [-0.1, -0.05) is 0 Å². The van der Waals surface area contributed by atoms with Crippen molar-refractivity contribution in [3.05, 3.63) is 41.9 Å². The van der Waals surface area contributed by atoms with Crippen LogP contribution in [0.5, 0.6) is 17.2 Å². The summed E-state index contributed by atoms with van der Waals surface area (Å²) in [6.07, 6.45) is 2.24. The van der Waals surface area contributed by atoms with Gasteiger partial charge in [0.2, 0.25) is 11.7 Å². The number of hydrogen-bond donors (Lipinski definition) is 1. The van der Waals surface area contributed by atoms with E-state index in [1.54, 1.807) is 30.5 Å². The minimum absolute atomic E-state index is 0.218. The Hall–Kier alpha value is -3.14. The van der Waals surface area contributed by atoms with Gasteiger partial charge in [-0.05, 0) is 29.8 Å². The van der Waals surface area contributed by atoms with E-state index in [4.69, 9.17) is 18.6 Å². The molecular weight excluding hydrogens is 324 g/mol. The molecule has 1 N–H and O–H groups in total. The fourth-order valence-electron chi connectivity index (χ4n) is 2.38. The normalized spacial score (nSPS) is 11.3. The molecule has 0 radical (unpaired) electrons. The third kappa shape index (κ3) is 4.44. The van der Waals surface area contributed by atoms with Gasteiger partial charge in [-0.3, -0.25) is 4.79 Å². The third-order valence-electron chi connectivity index (χ3n) is 3.63. The summed E-state index contributed by atoms with van der Waals surface area (Å²) in [5, 5.41) is 12.1. The molecule has 0 spiro atoms. The van der Waals surface area contributed by atoms with Crippen molar-refractivity contribution in [3.63, 3.8) is 0 Å². The molecule has 1 amide bonds. The van der Waals surface area contributed by atoms with Crippen LogP contribution in [0.2, 0.25) is 0 Å². The highest BCUT2D eigenvalue weighted by molar-refractivity contribution is 5.77. The predicted octanol–water partition coefficient (Wildman–Crippen LogP) is 2.62. The van der Waals surface area contributed by atoms with Gasteiger partial charge in [-0.25, -0.2) is 0 Å². The van der Waals surface area contributed by atoms with Gasteiger partial charge in [0.05, 0.1) is 33.7 Å². The van der Waals surface area contributed by atoms with Crippen LogP contribution in [0.15, 0.2) is 34.9 Å². The number of hydrogen-bond acceptors (Lipinski definition) is 6. The van der Waals surface area contributed by atoms with E-state index in [2.05, 4.69) is 11.4 Å². The maximum atomic E-state index is 12.1. The first-order valence-electron chi connectivity index (χ1n) is 7.64. The van der Waals surface area contributed by atoms with Crippen molar-refractivity contribution >= 4 is 5.91 Å². The fourth-order valence-corrected chi connectivity index (χ4v) is 2.38. The summed E-state index contributed by atoms with van der Waals surface area (Å²) in [7, 11) is 4.48. The van der Waals surface area contributed by atoms with Gasteiger partial charge in [-0.2, -0.15) is 5.26 Å². The summed E-state index contributed by atoms with van der Waals surface area (Å²) in [6.45, 7) is 0. The molecule has 7 heteroatoms. The maximum absolute atomic E-state index is 12.1. The summed E-state index contributed by atoms with van der Waals surface area (Å²) >= 11 is 0. The quantitative estimate of drug-likeness (QED) is 0.791. The minimum atomic E-state index is -0.835. The molecule has 0 saturated heterocycles. The van der Waals surface area contributed by atoms with Crippen LogP contribution in [-0.2, 0) is 11.2 Å². The summed E-state index contributed by atoms with van der Waals surface area (Å²) in [5.41, 5.74) is 0.545. The number of aryl methyl sites for hydroxylation is 1. The minimum Gasteiger partial charge on any atom is -0.493 e. The summed E-state index contributed by atoms with van der Waals surface area (Å²) < 4.78 is 21.0. The van der Waals surface area contributed by atoms with E-state index < -0.39 is 6.04 Å². The van der Waals surface area contributed by atoms with Crippen molar-refractivity contribution < 1.29 is 23.4 Å². The molecule has 0 fully saturated rings. The second-order valence-corrected chi connectivity index (χ2v) is 5.17. The largest absolute Gasteiger partial charge is 0.493 e. The lowest BCUT2D eigenvalue weighted by Gasteiger charge is -2.17. The van der Waals surface area contributed by atoms with Crippen molar-refractivity contribution in [2.45, 2.75) is 18.9 Å². The first-order valence-corrected chi connectivity index (χ1v) is 7.64. The zero-order chi connectivity index (χ0) is 18.2. The number of rotatable bonds is 8. The lowest BCUT2D eigenvalue weighted by atomic mass is 10.1. The molecule has 25 heavy (non-hydrogen) atoms. The molecule has 0 aliphatic heterocycles. The standard InChI is InChI=1S/C18H20N2O5/c1-22-15-9-12(10-16(23-2)18(15)24-3)14(11-19)20-17(21)7-6-13-5-4-8-25-13/h4-5,8-10,14H,6-7H2,1-3H3,(H,20,21)/t14-/m1/s1. The molecule has 1 atom stereocenters. The van der Waals surface area contributed by atoms with E-state index in [-0.39, 0.29) is 12.3 Å². The predicted molar refractivity (Wildman–Crippen MR) is 89.6 cm³/mol. The van der Waals surface area contributed by atoms with Crippen molar-refractivity contribution in [1.29, 1.82) is 5.26 Å². The number of furan rings is 1. The zero-order valence-electron chi connectivity index (χ0n) is 14.4. The monoisotopic (exact) mass is 344 g/mol. The molecule has 7 nitrogen and oxygen atoms in total. The highest BCUT2D eigenvalue weighted by Gasteiger charge is 2.20. The van der Waals surface area contributed by atoms with Crippen molar-refractivity contribution in [3.8, 4) is 23.3 Å². The molecule has 0 unspecified atom stereocenters. The van der Waals surface area contributed by atoms with Crippen LogP contribution in [-0.4, -0.2) is 27.2 Å². The van der Waals surface area contributed by atoms with E-state index in [1.165, 1.54) is 21.3 Å². The summed E-state index contributed by atoms with van der Waals surface area (Å²) in [6, 6.07) is 8.09. The summed E-state index contributed by atoms with van der Waals surface area (Å²) in [5.74, 6) is 1.73. The lowest BCUT2D eigenvalue weighted by Crippen LogP contribution is -2.27. The van der Waals surface area contributed by atoms with Crippen LogP contribution >= 0.6 is 0 Å². The van der Waals surface area contributed by atoms with Crippen molar-refractivity contribution in [2.24, 2.45) is 0 Å². The number of nitrogens with one attached hydrogen (secondary N) is 1. The number of carbonyl (C=O) groups is 1. The van der Waals surface area contributed by atoms with Gasteiger partial charge in [0.15, 0.2) is 11.5 Å². The average Bonchev–Trinajstić information content (AvgIpc) is 3.16. The van der Waals surface area contributed by atoms with Crippen LogP contribution in [0.3, 0.4) is 0 Å². The van der Waals surface area contributed by atoms with Crippen molar-refractivity contribution in [1.82, 2.24) is 5.32 Å². The zero-order valence-corrected chi connectivity index (χ0v) is 14.4. The Balaban J connectivity index is 2.14. The molecule has 1 aromatic carbocycles. The molecule has 0 aliphatic carbocycles. The molecule has 0 saturated carbocycles. The van der Waals surface area contributed by atoms with Gasteiger partial charge in [0, 0.05) is 12.8 Å². The lowest BCUT2D eigenvalue weighted by molar-refractivity contribution is -0.121. The van der Waals surface area contributed by atoms with Crippen LogP contribution in [0.25, 0.3) is 0 Å². The van der Waals surface area contributed by atoms with E-state index in [0.29, 0.717) is 29.2 Å². The Morgan fingerprint density at radius 3 is 2.40 bits per heavy atom. The number of methoxy groups -OCH3 is 3. The number of nitriles is 1. The van der Waals surface area contributed by atoms with Crippen LogP contribution in [0.4, 0.5) is 0 Å². The Morgan fingerprint density at radius 2 is 1.92 bits per heavy atom. The van der Waals surface area contributed by atoms with Crippen LogP contribution < -0.4 is 19.5 Å². The first-order chi connectivity index (χ1) is 12.1. The molecule has 0 aliphatic rings. The second kappa shape index (κ2) is 8.64. The van der Waals surface area contributed by atoms with Gasteiger partial charge in [0.1, 0.15) is 11.8 Å². The Morgan fingerprint density at radius 1 is 1.24 bits per heavy atom. The van der Waals surface area contributed by atoms with Gasteiger partial charge >= 0.3 is 0 Å². The van der Waals surface area contributed by atoms with Crippen LogP contribution in [0.1, 0.15) is 23.8 Å². The second-order valence-electron chi connectivity index (χ2n) is 5.17. The van der Waals surface area contributed by atoms with E-state index >= 15 is 0 Å². The molecule has 1 aromatic heterocycles. The molecular formula is C18H20N2O5. The van der Waals surface area contributed by atoms with Gasteiger partial charge in [-0.15, -0.1) is 0 Å². The molecule has 2 rings (SSSR count). The van der Waals surface area contributed by atoms with E-state index in [0.717, 1.165) is 5.76 Å². The van der Waals surface area contributed by atoms with E-state index in [1.807, 2.05) is 0 Å². The SMILES string of the molecule is COc1cc([C@@H](C#N)NC(=O)CCc2ccco2)cc(OC)c1OC. The number of carbonyl (C=O) groups excluding carboxylic acids is 1. The fraction of sp³-hybridized carbons (Fsp3) is 0.333. The maximum Gasteiger partial charge on any atom is 0.221 e. The Kier molecular flexibility index (Phi) is 6.29. The number of benzene rings is 1. The number of amides is 1. The Labute approximate surface area is 146 Å². The topological polar surface area (TPSA) is 93.7 Å². The van der Waals surface area contributed by atoms with Crippen LogP contribution in [0, 0.1) is 11.3 Å². The first kappa shape index (κ1) is 18.2. The average molecular weight is 344 g/mol. The third-order valence-corrected chi connectivity index (χ3v) is 3.63. The smallest absolute Gasteiger partial charge is 0.221 e. The van der Waals surface area contributed by atoms with E-state index in [9.17, 15) is 10.1 Å². The molecule has 132 valence electrons. The molecule has 1 heterocycles. The van der Waals surface area contributed by atoms with Crippen molar-refractivity contribution in [2.75, 3.05) is 21.3 Å². The highest BCUT2D eigenvalue weighted by atomic mass is 16.5. The van der Waals surface area contributed by atoms with Gasteiger partial charge in [0.25, 0.3) is 0 Å². The number of nitrogens with zero attached hydrogens (tertiary/aromatic N) is 1. The molecule has 2 aromatic rings. The van der Waals surface area contributed by atoms with Gasteiger partial charge < -0.3 is 23.9 Å². The summed E-state index contributed by atoms with van der Waals surface area (Å²) in [4.78, 5) is 12.1. The molecule has 0 bridgehead atoms. The number of ether oxygens (including phenoxy) is 3. The highest BCUT2D eigenvalue weighted by Crippen LogP contribution is 2.39.